The minimum atomic E-state index is -0.152. The van der Waals surface area contributed by atoms with Crippen molar-refractivity contribution in [2.45, 2.75) is 154 Å². The maximum absolute atomic E-state index is 10.5. The average Bonchev–Trinajstić information content (AvgIpc) is 2.79. The summed E-state index contributed by atoms with van der Waals surface area (Å²) in [6, 6.07) is 0. The second-order valence-electron chi connectivity index (χ2n) is 13.2. The number of unbranched alkanes of at least 4 members (excludes halogenated alkanes) is 15. The minimum absolute atomic E-state index is 0. The Kier molecular flexibility index (Phi) is 31.1. The lowest BCUT2D eigenvalue weighted by Gasteiger charge is -2.33. The third-order valence-electron chi connectivity index (χ3n) is 7.97. The normalized spacial score (nSPS) is 13.6. The number of likely N-dealkylation sites (N-methyl/N-ethyl adjacent to an activating group) is 2. The fourth-order valence-electron chi connectivity index (χ4n) is 5.61. The van der Waals surface area contributed by atoms with Crippen LogP contribution >= 0.6 is 0 Å². The molecule has 0 aromatic rings. The molecule has 0 spiro atoms. The monoisotopic (exact) mass is 584 g/mol. The molecule has 0 amide bonds. The first kappa shape index (κ1) is 42.9. The van der Waals surface area contributed by atoms with Crippen molar-refractivity contribution in [2.75, 3.05) is 54.4 Å². The van der Waals surface area contributed by atoms with Crippen LogP contribution in [0.3, 0.4) is 0 Å². The molecular weight excluding hydrogens is 515 g/mol. The summed E-state index contributed by atoms with van der Waals surface area (Å²) in [7, 11) is 9.11. The lowest BCUT2D eigenvalue weighted by molar-refractivity contribution is -0.894. The van der Waals surface area contributed by atoms with Crippen molar-refractivity contribution < 1.29 is 44.0 Å². The Labute approximate surface area is 252 Å². The lowest BCUT2D eigenvalue weighted by atomic mass is 10.1. The van der Waals surface area contributed by atoms with E-state index < -0.39 is 0 Å². The highest BCUT2D eigenvalue weighted by atomic mass is 35.5. The molecule has 0 aliphatic heterocycles. The molecular formula is C32H70Cl2N2O2. The molecule has 0 radical (unpaired) electrons. The van der Waals surface area contributed by atoms with Gasteiger partial charge in [0.1, 0.15) is 25.3 Å². The molecule has 4 nitrogen and oxygen atoms in total. The fraction of sp³-hybridized carbons (Fsp3) is 1.00. The molecule has 0 heterocycles. The second-order valence-corrected chi connectivity index (χ2v) is 13.2. The number of rotatable bonds is 27. The van der Waals surface area contributed by atoms with E-state index in [1.807, 2.05) is 0 Å². The van der Waals surface area contributed by atoms with E-state index in [0.29, 0.717) is 0 Å². The SMILES string of the molecule is CCCCCCCCCC(O)C[N+](C)(C)CCCCCC[N+](C)(C)CC(O)CCCCCCCCC.[Cl-].[Cl-]. The highest BCUT2D eigenvalue weighted by Gasteiger charge is 2.21. The molecule has 0 aliphatic rings. The van der Waals surface area contributed by atoms with E-state index in [1.165, 1.54) is 116 Å². The average molecular weight is 586 g/mol. The Morgan fingerprint density at radius 2 is 0.684 bits per heavy atom. The van der Waals surface area contributed by atoms with Gasteiger partial charge < -0.3 is 44.0 Å². The van der Waals surface area contributed by atoms with Gasteiger partial charge in [-0.1, -0.05) is 104 Å². The van der Waals surface area contributed by atoms with Crippen LogP contribution in [0.2, 0.25) is 0 Å². The van der Waals surface area contributed by atoms with Crippen LogP contribution in [0.25, 0.3) is 0 Å². The van der Waals surface area contributed by atoms with E-state index >= 15 is 0 Å². The maximum Gasteiger partial charge on any atom is 0.105 e. The van der Waals surface area contributed by atoms with Crippen LogP contribution in [0.15, 0.2) is 0 Å². The van der Waals surface area contributed by atoms with Gasteiger partial charge in [0.2, 0.25) is 0 Å². The van der Waals surface area contributed by atoms with Crippen LogP contribution in [0.4, 0.5) is 0 Å². The van der Waals surface area contributed by atoms with Gasteiger partial charge in [-0.05, 0) is 38.5 Å². The highest BCUT2D eigenvalue weighted by Crippen LogP contribution is 2.15. The number of aliphatic hydroxyl groups is 2. The number of halogens is 2. The molecule has 0 rings (SSSR count). The van der Waals surface area contributed by atoms with Crippen molar-refractivity contribution in [2.24, 2.45) is 0 Å². The van der Waals surface area contributed by atoms with Gasteiger partial charge in [-0.3, -0.25) is 0 Å². The molecule has 234 valence electrons. The quantitative estimate of drug-likeness (QED) is 0.114. The Morgan fingerprint density at radius 1 is 0.421 bits per heavy atom. The van der Waals surface area contributed by atoms with E-state index in [2.05, 4.69) is 42.0 Å². The summed E-state index contributed by atoms with van der Waals surface area (Å²) in [6.45, 7) is 8.62. The lowest BCUT2D eigenvalue weighted by Crippen LogP contribution is -3.00. The van der Waals surface area contributed by atoms with Crippen molar-refractivity contribution in [3.8, 4) is 0 Å². The third-order valence-corrected chi connectivity index (χ3v) is 7.97. The summed E-state index contributed by atoms with van der Waals surface area (Å²) < 4.78 is 1.87. The zero-order valence-electron chi connectivity index (χ0n) is 26.7. The second kappa shape index (κ2) is 27.6. The zero-order chi connectivity index (χ0) is 27.1. The molecule has 6 heteroatoms. The van der Waals surface area contributed by atoms with E-state index in [-0.39, 0.29) is 37.0 Å². The molecule has 38 heavy (non-hydrogen) atoms. The first-order valence-corrected chi connectivity index (χ1v) is 16.1. The van der Waals surface area contributed by atoms with Gasteiger partial charge in [0, 0.05) is 0 Å². The van der Waals surface area contributed by atoms with Crippen molar-refractivity contribution in [3.05, 3.63) is 0 Å². The van der Waals surface area contributed by atoms with E-state index in [4.69, 9.17) is 0 Å². The number of hydrogen-bond acceptors (Lipinski definition) is 2. The van der Waals surface area contributed by atoms with Crippen LogP contribution in [-0.2, 0) is 0 Å². The first-order chi connectivity index (χ1) is 17.1. The van der Waals surface area contributed by atoms with E-state index in [9.17, 15) is 10.2 Å². The topological polar surface area (TPSA) is 40.5 Å². The molecule has 0 fully saturated rings. The van der Waals surface area contributed by atoms with Crippen molar-refractivity contribution in [3.63, 3.8) is 0 Å². The number of nitrogens with zero attached hydrogens (tertiary/aromatic N) is 2. The fourth-order valence-corrected chi connectivity index (χ4v) is 5.61. The number of aliphatic hydroxyl groups excluding tert-OH is 2. The van der Waals surface area contributed by atoms with Gasteiger partial charge in [-0.2, -0.15) is 0 Å². The highest BCUT2D eigenvalue weighted by molar-refractivity contribution is 4.58. The molecule has 2 unspecified atom stereocenters. The zero-order valence-corrected chi connectivity index (χ0v) is 28.2. The van der Waals surface area contributed by atoms with Crippen LogP contribution in [0.1, 0.15) is 142 Å². The predicted octanol–water partition coefficient (Wildman–Crippen LogP) is 1.71. The van der Waals surface area contributed by atoms with Crippen LogP contribution < -0.4 is 24.8 Å². The molecule has 0 aliphatic carbocycles. The molecule has 0 aromatic heterocycles. The van der Waals surface area contributed by atoms with Crippen molar-refractivity contribution in [1.29, 1.82) is 0 Å². The minimum Gasteiger partial charge on any atom is -1.00 e. The third kappa shape index (κ3) is 29.4. The van der Waals surface area contributed by atoms with Gasteiger partial charge in [0.25, 0.3) is 0 Å². The Morgan fingerprint density at radius 3 is 1.00 bits per heavy atom. The van der Waals surface area contributed by atoms with Crippen LogP contribution in [0.5, 0.6) is 0 Å². The molecule has 0 bridgehead atoms. The summed E-state index contributed by atoms with van der Waals surface area (Å²) in [5, 5.41) is 21.0. The Balaban J connectivity index is -0.00000612. The van der Waals surface area contributed by atoms with E-state index in [1.54, 1.807) is 0 Å². The molecule has 2 atom stereocenters. The molecule has 0 aromatic carbocycles. The van der Waals surface area contributed by atoms with Gasteiger partial charge in [-0.15, -0.1) is 0 Å². The molecule has 0 saturated carbocycles. The van der Waals surface area contributed by atoms with E-state index in [0.717, 1.165) is 48.0 Å². The Bertz CT molecular complexity index is 436. The summed E-state index contributed by atoms with van der Waals surface area (Å²) in [5.74, 6) is 0. The Hall–Kier alpha value is 0.420. The van der Waals surface area contributed by atoms with Gasteiger partial charge in [-0.25, -0.2) is 0 Å². The summed E-state index contributed by atoms with van der Waals surface area (Å²) in [5.41, 5.74) is 0. The largest absolute Gasteiger partial charge is 1.00 e. The van der Waals surface area contributed by atoms with Gasteiger partial charge in [0.15, 0.2) is 0 Å². The predicted molar refractivity (Wildman–Crippen MR) is 159 cm³/mol. The standard InChI is InChI=1S/C32H70N2O2.2ClH/c1-7-9-11-13-15-17-21-25-31(35)29-33(3,4)27-23-19-20-24-28-34(5,6)30-32(36)26-22-18-16-14-12-10-8-2;;/h31-32,35-36H,7-30H2,1-6H3;2*1H/q+2;;/p-2. The van der Waals surface area contributed by atoms with Crippen molar-refractivity contribution >= 4 is 0 Å². The van der Waals surface area contributed by atoms with Crippen LogP contribution in [0, 0.1) is 0 Å². The summed E-state index contributed by atoms with van der Waals surface area (Å²) in [4.78, 5) is 0. The summed E-state index contributed by atoms with van der Waals surface area (Å²) in [6.07, 6.45) is 25.1. The smallest absolute Gasteiger partial charge is 0.105 e. The van der Waals surface area contributed by atoms with Crippen molar-refractivity contribution in [1.82, 2.24) is 0 Å². The van der Waals surface area contributed by atoms with Gasteiger partial charge >= 0.3 is 0 Å². The molecule has 0 saturated heterocycles. The molecule has 2 N–H and O–H groups in total. The number of quaternary nitrogens is 2. The van der Waals surface area contributed by atoms with Crippen LogP contribution in [-0.4, -0.2) is 85.8 Å². The maximum atomic E-state index is 10.5. The summed E-state index contributed by atoms with van der Waals surface area (Å²) >= 11 is 0. The number of hydrogen-bond donors (Lipinski definition) is 2. The first-order valence-electron chi connectivity index (χ1n) is 16.1. The van der Waals surface area contributed by atoms with Gasteiger partial charge in [0.05, 0.1) is 41.3 Å².